The summed E-state index contributed by atoms with van der Waals surface area (Å²) in [7, 11) is 1.81. The van der Waals surface area contributed by atoms with E-state index in [9.17, 15) is 0 Å². The third-order valence-electron chi connectivity index (χ3n) is 2.93. The third-order valence-corrected chi connectivity index (χ3v) is 2.93. The molecular weight excluding hydrogens is 222 g/mol. The van der Waals surface area contributed by atoms with Gasteiger partial charge in [-0.1, -0.05) is 37.3 Å². The molecule has 0 heterocycles. The largest absolute Gasteiger partial charge is 0.356 e. The summed E-state index contributed by atoms with van der Waals surface area (Å²) in [5.74, 6) is 1.40. The lowest BCUT2D eigenvalue weighted by Gasteiger charge is -2.19. The molecule has 3 heteroatoms. The normalized spacial score (nSPS) is 13.5. The second kappa shape index (κ2) is 7.75. The van der Waals surface area contributed by atoms with Crippen LogP contribution < -0.4 is 10.6 Å². The molecule has 1 aromatic carbocycles. The van der Waals surface area contributed by atoms with Gasteiger partial charge in [-0.05, 0) is 25.8 Å². The van der Waals surface area contributed by atoms with Crippen molar-refractivity contribution in [3.05, 3.63) is 35.9 Å². The molecule has 1 atom stereocenters. The number of guanidine groups is 1. The average molecular weight is 247 g/mol. The molecular formula is C15H25N3. The summed E-state index contributed by atoms with van der Waals surface area (Å²) in [6.07, 6.45) is 1.12. The Morgan fingerprint density at radius 1 is 1.22 bits per heavy atom. The predicted molar refractivity (Wildman–Crippen MR) is 79.1 cm³/mol. The van der Waals surface area contributed by atoms with Crippen LogP contribution >= 0.6 is 0 Å². The molecule has 0 aliphatic carbocycles. The molecule has 0 aliphatic rings. The van der Waals surface area contributed by atoms with Crippen molar-refractivity contribution >= 4 is 5.96 Å². The highest BCUT2D eigenvalue weighted by molar-refractivity contribution is 5.79. The van der Waals surface area contributed by atoms with E-state index in [4.69, 9.17) is 0 Å². The molecule has 1 aromatic rings. The van der Waals surface area contributed by atoms with E-state index in [-0.39, 0.29) is 0 Å². The fourth-order valence-electron chi connectivity index (χ4n) is 1.91. The molecule has 100 valence electrons. The molecule has 3 nitrogen and oxygen atoms in total. The van der Waals surface area contributed by atoms with Crippen LogP contribution in [0.3, 0.4) is 0 Å². The highest BCUT2D eigenvalue weighted by Gasteiger charge is 2.09. The molecule has 0 aromatic heterocycles. The monoisotopic (exact) mass is 247 g/mol. The Kier molecular flexibility index (Phi) is 6.26. The molecule has 0 saturated heterocycles. The first-order valence-electron chi connectivity index (χ1n) is 6.69. The molecule has 2 N–H and O–H groups in total. The number of rotatable bonds is 5. The van der Waals surface area contributed by atoms with Gasteiger partial charge in [0.2, 0.25) is 0 Å². The average Bonchev–Trinajstić information content (AvgIpc) is 2.39. The SMILES string of the molecule is CCC(CNC(=NC)NC(C)C)c1ccccc1. The maximum absolute atomic E-state index is 4.22. The van der Waals surface area contributed by atoms with Gasteiger partial charge < -0.3 is 10.6 Å². The van der Waals surface area contributed by atoms with Gasteiger partial charge in [0.15, 0.2) is 5.96 Å². The van der Waals surface area contributed by atoms with E-state index in [1.54, 1.807) is 7.05 Å². The number of nitrogens with one attached hydrogen (secondary N) is 2. The van der Waals surface area contributed by atoms with Crippen molar-refractivity contribution in [2.75, 3.05) is 13.6 Å². The Bertz CT molecular complexity index is 357. The first-order chi connectivity index (χ1) is 8.67. The topological polar surface area (TPSA) is 36.4 Å². The molecule has 18 heavy (non-hydrogen) atoms. The minimum atomic E-state index is 0.396. The van der Waals surface area contributed by atoms with Crippen LogP contribution in [0.5, 0.6) is 0 Å². The van der Waals surface area contributed by atoms with Crippen LogP contribution in [0.25, 0.3) is 0 Å². The Morgan fingerprint density at radius 3 is 2.39 bits per heavy atom. The highest BCUT2D eigenvalue weighted by atomic mass is 15.2. The van der Waals surface area contributed by atoms with Gasteiger partial charge in [-0.3, -0.25) is 4.99 Å². The van der Waals surface area contributed by atoms with Crippen LogP contribution in [0.1, 0.15) is 38.7 Å². The van der Waals surface area contributed by atoms with E-state index in [0.29, 0.717) is 12.0 Å². The van der Waals surface area contributed by atoms with Crippen molar-refractivity contribution in [3.63, 3.8) is 0 Å². The zero-order valence-electron chi connectivity index (χ0n) is 11.9. The lowest BCUT2D eigenvalue weighted by molar-refractivity contribution is 0.619. The van der Waals surface area contributed by atoms with E-state index in [0.717, 1.165) is 18.9 Å². The van der Waals surface area contributed by atoms with Gasteiger partial charge in [0.05, 0.1) is 0 Å². The van der Waals surface area contributed by atoms with Gasteiger partial charge in [-0.15, -0.1) is 0 Å². The number of hydrogen-bond donors (Lipinski definition) is 2. The lowest BCUT2D eigenvalue weighted by Crippen LogP contribution is -2.42. The maximum Gasteiger partial charge on any atom is 0.191 e. The Morgan fingerprint density at radius 2 is 1.89 bits per heavy atom. The number of aliphatic imine (C=N–C) groups is 1. The van der Waals surface area contributed by atoms with Gasteiger partial charge in [-0.2, -0.15) is 0 Å². The molecule has 0 radical (unpaired) electrons. The van der Waals surface area contributed by atoms with Crippen LogP contribution in [-0.2, 0) is 0 Å². The molecule has 0 fully saturated rings. The zero-order valence-corrected chi connectivity index (χ0v) is 11.9. The smallest absolute Gasteiger partial charge is 0.191 e. The van der Waals surface area contributed by atoms with Crippen molar-refractivity contribution in [2.24, 2.45) is 4.99 Å². The predicted octanol–water partition coefficient (Wildman–Crippen LogP) is 2.75. The standard InChI is InChI=1S/C15H25N3/c1-5-13(14-9-7-6-8-10-14)11-17-15(16-4)18-12(2)3/h6-10,12-13H,5,11H2,1-4H3,(H2,16,17,18). The van der Waals surface area contributed by atoms with Gasteiger partial charge in [0.1, 0.15) is 0 Å². The lowest BCUT2D eigenvalue weighted by atomic mass is 9.97. The Labute approximate surface area is 111 Å². The van der Waals surface area contributed by atoms with Crippen LogP contribution in [0, 0.1) is 0 Å². The van der Waals surface area contributed by atoms with Crippen LogP contribution in [0.4, 0.5) is 0 Å². The van der Waals surface area contributed by atoms with Gasteiger partial charge in [0.25, 0.3) is 0 Å². The Hall–Kier alpha value is -1.51. The summed E-state index contributed by atoms with van der Waals surface area (Å²) in [6, 6.07) is 11.0. The second-order valence-corrected chi connectivity index (χ2v) is 4.77. The van der Waals surface area contributed by atoms with Crippen LogP contribution in [-0.4, -0.2) is 25.6 Å². The van der Waals surface area contributed by atoms with E-state index < -0.39 is 0 Å². The summed E-state index contributed by atoms with van der Waals surface area (Å²) < 4.78 is 0. The third kappa shape index (κ3) is 4.78. The first-order valence-corrected chi connectivity index (χ1v) is 6.69. The molecule has 0 saturated carbocycles. The maximum atomic E-state index is 4.22. The molecule has 0 amide bonds. The fraction of sp³-hybridized carbons (Fsp3) is 0.533. The zero-order chi connectivity index (χ0) is 13.4. The van der Waals surface area contributed by atoms with Gasteiger partial charge in [-0.25, -0.2) is 0 Å². The number of nitrogens with zero attached hydrogens (tertiary/aromatic N) is 1. The summed E-state index contributed by atoms with van der Waals surface area (Å²) in [4.78, 5) is 4.22. The van der Waals surface area contributed by atoms with E-state index in [1.165, 1.54) is 5.56 Å². The van der Waals surface area contributed by atoms with E-state index in [1.807, 2.05) is 0 Å². The molecule has 0 bridgehead atoms. The molecule has 0 spiro atoms. The summed E-state index contributed by atoms with van der Waals surface area (Å²) in [5, 5.41) is 6.69. The Balaban J connectivity index is 2.54. The van der Waals surface area contributed by atoms with Crippen molar-refractivity contribution in [3.8, 4) is 0 Å². The first kappa shape index (κ1) is 14.6. The van der Waals surface area contributed by atoms with Crippen LogP contribution in [0.15, 0.2) is 35.3 Å². The summed E-state index contributed by atoms with van der Waals surface area (Å²) in [5.41, 5.74) is 1.38. The highest BCUT2D eigenvalue weighted by Crippen LogP contribution is 2.17. The van der Waals surface area contributed by atoms with E-state index in [2.05, 4.69) is 66.7 Å². The minimum Gasteiger partial charge on any atom is -0.356 e. The number of hydrogen-bond acceptors (Lipinski definition) is 1. The summed E-state index contributed by atoms with van der Waals surface area (Å²) in [6.45, 7) is 7.35. The molecule has 1 unspecified atom stereocenters. The summed E-state index contributed by atoms with van der Waals surface area (Å²) >= 11 is 0. The van der Waals surface area contributed by atoms with Gasteiger partial charge >= 0.3 is 0 Å². The van der Waals surface area contributed by atoms with Crippen molar-refractivity contribution in [1.29, 1.82) is 0 Å². The van der Waals surface area contributed by atoms with Crippen molar-refractivity contribution in [2.45, 2.75) is 39.2 Å². The minimum absolute atomic E-state index is 0.396. The van der Waals surface area contributed by atoms with Gasteiger partial charge in [0, 0.05) is 25.6 Å². The molecule has 1 rings (SSSR count). The number of benzene rings is 1. The molecule has 0 aliphatic heterocycles. The van der Waals surface area contributed by atoms with E-state index >= 15 is 0 Å². The van der Waals surface area contributed by atoms with Crippen molar-refractivity contribution in [1.82, 2.24) is 10.6 Å². The fourth-order valence-corrected chi connectivity index (χ4v) is 1.91. The second-order valence-electron chi connectivity index (χ2n) is 4.77. The van der Waals surface area contributed by atoms with Crippen LogP contribution in [0.2, 0.25) is 0 Å². The van der Waals surface area contributed by atoms with Crippen molar-refractivity contribution < 1.29 is 0 Å². The quantitative estimate of drug-likeness (QED) is 0.620.